The van der Waals surface area contributed by atoms with Crippen LogP contribution in [0.4, 0.5) is 5.00 Å². The predicted molar refractivity (Wildman–Crippen MR) is 125 cm³/mol. The first kappa shape index (κ1) is 22.0. The first-order valence-corrected chi connectivity index (χ1v) is 12.0. The van der Waals surface area contributed by atoms with Crippen molar-refractivity contribution in [2.75, 3.05) is 31.6 Å². The fraction of sp³-hybridized carbons (Fsp3) is 0.520. The third-order valence-corrected chi connectivity index (χ3v) is 7.68. The van der Waals surface area contributed by atoms with Crippen LogP contribution in [0.3, 0.4) is 0 Å². The molecule has 2 aromatic rings. The fourth-order valence-corrected chi connectivity index (χ4v) is 5.84. The van der Waals surface area contributed by atoms with E-state index in [1.54, 1.807) is 11.3 Å². The number of carbonyl (C=O) groups is 2. The molecule has 1 N–H and O–H groups in total. The molecule has 1 aliphatic heterocycles. The van der Waals surface area contributed by atoms with Crippen LogP contribution in [0.15, 0.2) is 24.3 Å². The summed E-state index contributed by atoms with van der Waals surface area (Å²) in [5.74, 6) is 0.436. The molecule has 0 radical (unpaired) electrons. The SMILES string of the molecule is Cc1cccc(C(=O)Nc2sc3c(c2C(=O)N2CCOCC2)CCC(C(C)(C)C)C3)c1. The van der Waals surface area contributed by atoms with Crippen molar-refractivity contribution in [1.29, 1.82) is 0 Å². The summed E-state index contributed by atoms with van der Waals surface area (Å²) in [6.45, 7) is 11.2. The Morgan fingerprint density at radius 3 is 2.61 bits per heavy atom. The molecule has 6 heteroatoms. The zero-order valence-corrected chi connectivity index (χ0v) is 19.7. The molecule has 166 valence electrons. The van der Waals surface area contributed by atoms with Crippen LogP contribution in [0.1, 0.15) is 63.9 Å². The average molecular weight is 441 g/mol. The summed E-state index contributed by atoms with van der Waals surface area (Å²) in [5.41, 5.74) is 3.72. The second kappa shape index (κ2) is 8.75. The second-order valence-electron chi connectivity index (χ2n) is 9.74. The number of carbonyl (C=O) groups excluding carboxylic acids is 2. The zero-order valence-electron chi connectivity index (χ0n) is 18.9. The highest BCUT2D eigenvalue weighted by Gasteiger charge is 2.35. The Kier molecular flexibility index (Phi) is 6.22. The van der Waals surface area contributed by atoms with Crippen LogP contribution in [0, 0.1) is 18.3 Å². The molecule has 5 nitrogen and oxygen atoms in total. The number of fused-ring (bicyclic) bond motifs is 1. The topological polar surface area (TPSA) is 58.6 Å². The van der Waals surface area contributed by atoms with Crippen LogP contribution in [-0.2, 0) is 17.6 Å². The molecule has 4 rings (SSSR count). The number of hydrogen-bond donors (Lipinski definition) is 1. The summed E-state index contributed by atoms with van der Waals surface area (Å²) in [6, 6.07) is 7.55. The minimum absolute atomic E-state index is 0.0227. The smallest absolute Gasteiger partial charge is 0.257 e. The van der Waals surface area contributed by atoms with Gasteiger partial charge >= 0.3 is 0 Å². The molecule has 0 bridgehead atoms. The Balaban J connectivity index is 1.68. The predicted octanol–water partition coefficient (Wildman–Crippen LogP) is 4.93. The number of hydrogen-bond acceptors (Lipinski definition) is 4. The van der Waals surface area contributed by atoms with Crippen molar-refractivity contribution in [3.8, 4) is 0 Å². The molecule has 1 saturated heterocycles. The van der Waals surface area contributed by atoms with Gasteiger partial charge < -0.3 is 15.0 Å². The largest absolute Gasteiger partial charge is 0.378 e. The van der Waals surface area contributed by atoms with Gasteiger partial charge in [0.05, 0.1) is 18.8 Å². The number of nitrogens with one attached hydrogen (secondary N) is 1. The van der Waals surface area contributed by atoms with Crippen LogP contribution in [0.5, 0.6) is 0 Å². The van der Waals surface area contributed by atoms with Crippen molar-refractivity contribution in [3.05, 3.63) is 51.4 Å². The Hall–Kier alpha value is -2.18. The normalized spacial score (nSPS) is 19.1. The van der Waals surface area contributed by atoms with Crippen LogP contribution >= 0.6 is 11.3 Å². The van der Waals surface area contributed by atoms with Crippen LogP contribution in [0.25, 0.3) is 0 Å². The average Bonchev–Trinajstić information content (AvgIpc) is 3.10. The summed E-state index contributed by atoms with van der Waals surface area (Å²) in [5, 5.41) is 3.78. The molecule has 0 saturated carbocycles. The van der Waals surface area contributed by atoms with Gasteiger partial charge in [0.15, 0.2) is 0 Å². The highest BCUT2D eigenvalue weighted by molar-refractivity contribution is 7.17. The van der Waals surface area contributed by atoms with E-state index < -0.39 is 0 Å². The molecule has 1 aromatic carbocycles. The molecule has 1 unspecified atom stereocenters. The van der Waals surface area contributed by atoms with Crippen molar-refractivity contribution in [3.63, 3.8) is 0 Å². The number of ether oxygens (including phenoxy) is 1. The van der Waals surface area contributed by atoms with E-state index in [9.17, 15) is 9.59 Å². The molecule has 2 heterocycles. The quantitative estimate of drug-likeness (QED) is 0.736. The van der Waals surface area contributed by atoms with Crippen molar-refractivity contribution >= 4 is 28.2 Å². The Morgan fingerprint density at radius 2 is 1.94 bits per heavy atom. The van der Waals surface area contributed by atoms with Gasteiger partial charge in [-0.1, -0.05) is 38.5 Å². The molecular weight excluding hydrogens is 408 g/mol. The van der Waals surface area contributed by atoms with E-state index in [4.69, 9.17) is 4.74 Å². The van der Waals surface area contributed by atoms with Crippen molar-refractivity contribution in [2.45, 2.75) is 47.0 Å². The van der Waals surface area contributed by atoms with E-state index in [1.807, 2.05) is 36.1 Å². The Labute approximate surface area is 188 Å². The second-order valence-corrected chi connectivity index (χ2v) is 10.8. The van der Waals surface area contributed by atoms with Crippen molar-refractivity contribution in [2.24, 2.45) is 11.3 Å². The summed E-state index contributed by atoms with van der Waals surface area (Å²) >= 11 is 1.59. The van der Waals surface area contributed by atoms with Gasteiger partial charge in [0.25, 0.3) is 11.8 Å². The highest BCUT2D eigenvalue weighted by atomic mass is 32.1. The Bertz CT molecular complexity index is 983. The lowest BCUT2D eigenvalue weighted by Crippen LogP contribution is -2.41. The van der Waals surface area contributed by atoms with E-state index in [-0.39, 0.29) is 17.2 Å². The number of benzene rings is 1. The van der Waals surface area contributed by atoms with Gasteiger partial charge in [-0.15, -0.1) is 11.3 Å². The van der Waals surface area contributed by atoms with E-state index in [0.29, 0.717) is 48.3 Å². The lowest BCUT2D eigenvalue weighted by Gasteiger charge is -2.34. The van der Waals surface area contributed by atoms with Gasteiger partial charge in [-0.3, -0.25) is 9.59 Å². The molecule has 0 spiro atoms. The van der Waals surface area contributed by atoms with Crippen molar-refractivity contribution in [1.82, 2.24) is 4.90 Å². The summed E-state index contributed by atoms with van der Waals surface area (Å²) < 4.78 is 5.43. The van der Waals surface area contributed by atoms with Crippen LogP contribution < -0.4 is 5.32 Å². The number of anilines is 1. The maximum atomic E-state index is 13.5. The summed E-state index contributed by atoms with van der Waals surface area (Å²) in [4.78, 5) is 29.7. The molecule has 1 atom stereocenters. The lowest BCUT2D eigenvalue weighted by molar-refractivity contribution is 0.0303. The number of thiophene rings is 1. The van der Waals surface area contributed by atoms with E-state index in [0.717, 1.165) is 30.4 Å². The van der Waals surface area contributed by atoms with Gasteiger partial charge in [0.2, 0.25) is 0 Å². The third-order valence-electron chi connectivity index (χ3n) is 6.51. The Morgan fingerprint density at radius 1 is 1.19 bits per heavy atom. The monoisotopic (exact) mass is 440 g/mol. The van der Waals surface area contributed by atoms with Gasteiger partial charge in [0.1, 0.15) is 5.00 Å². The van der Waals surface area contributed by atoms with Gasteiger partial charge in [-0.2, -0.15) is 0 Å². The van der Waals surface area contributed by atoms with Gasteiger partial charge in [0, 0.05) is 23.5 Å². The van der Waals surface area contributed by atoms with E-state index in [1.165, 1.54) is 4.88 Å². The van der Waals surface area contributed by atoms with Gasteiger partial charge in [-0.05, 0) is 55.2 Å². The molecule has 2 amide bonds. The maximum Gasteiger partial charge on any atom is 0.257 e. The molecule has 2 aliphatic rings. The van der Waals surface area contributed by atoms with Gasteiger partial charge in [-0.25, -0.2) is 0 Å². The number of aryl methyl sites for hydroxylation is 1. The highest BCUT2D eigenvalue weighted by Crippen LogP contribution is 2.44. The molecule has 1 aliphatic carbocycles. The van der Waals surface area contributed by atoms with Crippen LogP contribution in [0.2, 0.25) is 0 Å². The molecule has 1 fully saturated rings. The third kappa shape index (κ3) is 4.70. The number of nitrogens with zero attached hydrogens (tertiary/aromatic N) is 1. The first-order chi connectivity index (χ1) is 14.7. The summed E-state index contributed by atoms with van der Waals surface area (Å²) in [7, 11) is 0. The molecular formula is C25H32N2O3S. The van der Waals surface area contributed by atoms with E-state index >= 15 is 0 Å². The minimum atomic E-state index is -0.161. The minimum Gasteiger partial charge on any atom is -0.378 e. The number of amides is 2. The summed E-state index contributed by atoms with van der Waals surface area (Å²) in [6.07, 6.45) is 2.93. The zero-order chi connectivity index (χ0) is 22.2. The standard InChI is InChI=1S/C25H32N2O3S/c1-16-6-5-7-17(14-16)22(28)26-23-21(24(29)27-10-12-30-13-11-27)19-9-8-18(25(2,3)4)15-20(19)31-23/h5-7,14,18H,8-13,15H2,1-4H3,(H,26,28). The molecule has 31 heavy (non-hydrogen) atoms. The van der Waals surface area contributed by atoms with E-state index in [2.05, 4.69) is 26.1 Å². The van der Waals surface area contributed by atoms with Crippen molar-refractivity contribution < 1.29 is 14.3 Å². The number of morpholine rings is 1. The lowest BCUT2D eigenvalue weighted by atomic mass is 9.72. The number of rotatable bonds is 3. The first-order valence-electron chi connectivity index (χ1n) is 11.1. The molecule has 1 aromatic heterocycles. The van der Waals surface area contributed by atoms with Crippen LogP contribution in [-0.4, -0.2) is 43.0 Å². The fourth-order valence-electron chi connectivity index (χ4n) is 4.53. The maximum absolute atomic E-state index is 13.5.